The number of benzene rings is 3. The molecule has 0 aliphatic rings. The lowest BCUT2D eigenvalue weighted by Gasteiger charge is -2.24. The number of hydrogen-bond acceptors (Lipinski definition) is 7. The number of nitrogens with two attached hydrogens (primary N) is 1. The molecule has 0 bridgehead atoms. The summed E-state index contributed by atoms with van der Waals surface area (Å²) in [4.78, 5) is 2.09. The number of nitrogen functional groups attached to an aromatic ring is 1. The normalized spacial score (nSPS) is 11.0. The van der Waals surface area contributed by atoms with Gasteiger partial charge in [-0.25, -0.2) is 0 Å². The van der Waals surface area contributed by atoms with Gasteiger partial charge in [-0.3, -0.25) is 9.11 Å². The van der Waals surface area contributed by atoms with Gasteiger partial charge in [0, 0.05) is 20.2 Å². The number of para-hydroxylation sites is 1. The minimum atomic E-state index is -4.02. The first-order valence-corrected chi connectivity index (χ1v) is 14.3. The highest BCUT2D eigenvalue weighted by molar-refractivity contribution is 7.86. The summed E-state index contributed by atoms with van der Waals surface area (Å²) >= 11 is 0. The molecular weight excluding hydrogens is 516 g/mol. The number of nitrogens with zero attached hydrogens (tertiary/aromatic N) is 1. The van der Waals surface area contributed by atoms with Crippen LogP contribution in [0.15, 0.2) is 76.5 Å². The molecule has 0 heterocycles. The van der Waals surface area contributed by atoms with E-state index in [-0.39, 0.29) is 9.79 Å². The Morgan fingerprint density at radius 1 is 0.784 bits per heavy atom. The van der Waals surface area contributed by atoms with E-state index in [9.17, 15) is 16.8 Å². The van der Waals surface area contributed by atoms with E-state index in [4.69, 9.17) is 19.6 Å². The van der Waals surface area contributed by atoms with Gasteiger partial charge in [-0.15, -0.1) is 0 Å². The van der Waals surface area contributed by atoms with Crippen molar-refractivity contribution in [3.8, 4) is 0 Å². The van der Waals surface area contributed by atoms with Gasteiger partial charge in [0.2, 0.25) is 0 Å². The van der Waals surface area contributed by atoms with Crippen molar-refractivity contribution in [3.63, 3.8) is 0 Å². The Labute approximate surface area is 220 Å². The first-order chi connectivity index (χ1) is 17.2. The molecule has 0 radical (unpaired) electrons. The lowest BCUT2D eigenvalue weighted by molar-refractivity contribution is 0.205. The molecule has 0 aliphatic carbocycles. The summed E-state index contributed by atoms with van der Waals surface area (Å²) in [6, 6.07) is 18.1. The molecule has 0 unspecified atom stereocenters. The van der Waals surface area contributed by atoms with Crippen LogP contribution in [-0.2, 0) is 25.0 Å². The monoisotopic (exact) mass is 552 g/mol. The molecule has 4 N–H and O–H groups in total. The number of aryl methyl sites for hydroxylation is 3. The third-order valence-corrected chi connectivity index (χ3v) is 6.96. The van der Waals surface area contributed by atoms with Crippen LogP contribution in [0.4, 0.5) is 11.4 Å². The predicted octanol–water partition coefficient (Wildman–Crippen LogP) is 4.53. The van der Waals surface area contributed by atoms with Crippen LogP contribution < -0.4 is 10.6 Å². The maximum Gasteiger partial charge on any atom is 0.294 e. The molecule has 0 aromatic heterocycles. The zero-order valence-electron chi connectivity index (χ0n) is 21.7. The Morgan fingerprint density at radius 3 is 1.57 bits per heavy atom. The van der Waals surface area contributed by atoms with Crippen molar-refractivity contribution in [3.05, 3.63) is 83.4 Å². The van der Waals surface area contributed by atoms with Gasteiger partial charge in [0.1, 0.15) is 0 Å². The van der Waals surface area contributed by atoms with Crippen molar-refractivity contribution in [1.82, 2.24) is 0 Å². The standard InChI is InChI=1S/C12H20N2O.2C7H8O3S/c1-4-14(8-9-15-3)11-7-5-6-10(2)12(11)13;2*1-6-2-4-7(5-3-6)11(8,9)10/h5-7H,4,8-9,13H2,1-3H3;2*2-5H,1H3,(H,8,9,10). The number of rotatable bonds is 7. The van der Waals surface area contributed by atoms with Gasteiger partial charge < -0.3 is 15.4 Å². The highest BCUT2D eigenvalue weighted by Gasteiger charge is 2.09. The second-order valence-electron chi connectivity index (χ2n) is 8.16. The van der Waals surface area contributed by atoms with Crippen molar-refractivity contribution in [2.45, 2.75) is 37.5 Å². The number of hydrogen-bond donors (Lipinski definition) is 3. The summed E-state index contributed by atoms with van der Waals surface area (Å²) in [7, 11) is -6.32. The summed E-state index contributed by atoms with van der Waals surface area (Å²) in [6.45, 7) is 10.4. The molecule has 0 fully saturated rings. The zero-order chi connectivity index (χ0) is 28.2. The topological polar surface area (TPSA) is 147 Å². The van der Waals surface area contributed by atoms with E-state index in [1.165, 1.54) is 24.3 Å². The van der Waals surface area contributed by atoms with Crippen LogP contribution in [-0.4, -0.2) is 52.7 Å². The van der Waals surface area contributed by atoms with Gasteiger partial charge in [0.25, 0.3) is 20.2 Å². The molecule has 0 aliphatic heterocycles. The van der Waals surface area contributed by atoms with Crippen molar-refractivity contribution >= 4 is 31.6 Å². The predicted molar refractivity (Wildman–Crippen MR) is 147 cm³/mol. The van der Waals surface area contributed by atoms with Crippen LogP contribution in [0, 0.1) is 20.8 Å². The van der Waals surface area contributed by atoms with E-state index >= 15 is 0 Å². The molecule has 0 spiro atoms. The van der Waals surface area contributed by atoms with Crippen molar-refractivity contribution in [2.75, 3.05) is 37.4 Å². The van der Waals surface area contributed by atoms with Gasteiger partial charge in [-0.1, -0.05) is 47.5 Å². The summed E-state index contributed by atoms with van der Waals surface area (Å²) < 4.78 is 64.2. The average molecular weight is 553 g/mol. The smallest absolute Gasteiger partial charge is 0.294 e. The lowest BCUT2D eigenvalue weighted by atomic mass is 10.1. The molecule has 204 valence electrons. The highest BCUT2D eigenvalue weighted by Crippen LogP contribution is 2.25. The zero-order valence-corrected chi connectivity index (χ0v) is 23.4. The average Bonchev–Trinajstić information content (AvgIpc) is 2.82. The molecule has 0 atom stereocenters. The van der Waals surface area contributed by atoms with Crippen LogP contribution in [0.3, 0.4) is 0 Å². The van der Waals surface area contributed by atoms with Gasteiger partial charge in [0.05, 0.1) is 27.8 Å². The quantitative estimate of drug-likeness (QED) is 0.284. The molecular formula is C26H36N2O7S2. The van der Waals surface area contributed by atoms with E-state index in [2.05, 4.69) is 17.9 Å². The lowest BCUT2D eigenvalue weighted by Crippen LogP contribution is -2.27. The van der Waals surface area contributed by atoms with Gasteiger partial charge in [0.15, 0.2) is 0 Å². The Bertz CT molecular complexity index is 1250. The Morgan fingerprint density at radius 2 is 1.22 bits per heavy atom. The molecule has 0 saturated heterocycles. The summed E-state index contributed by atoms with van der Waals surface area (Å²) in [5.74, 6) is 0. The van der Waals surface area contributed by atoms with E-state index in [0.29, 0.717) is 0 Å². The fourth-order valence-corrected chi connectivity index (χ4v) is 3.97. The van der Waals surface area contributed by atoms with E-state index in [1.54, 1.807) is 31.4 Å². The van der Waals surface area contributed by atoms with Crippen molar-refractivity contribution < 1.29 is 30.7 Å². The SMILES string of the molecule is CCN(CCOC)c1cccc(C)c1N.Cc1ccc(S(=O)(=O)O)cc1.Cc1ccc(S(=O)(=O)O)cc1. The summed E-state index contributed by atoms with van der Waals surface area (Å²) in [5.41, 5.74) is 11.1. The van der Waals surface area contributed by atoms with Crippen LogP contribution in [0.25, 0.3) is 0 Å². The fraction of sp³-hybridized carbons (Fsp3) is 0.308. The molecule has 0 saturated carbocycles. The fourth-order valence-electron chi connectivity index (χ4n) is 3.01. The van der Waals surface area contributed by atoms with Gasteiger partial charge in [-0.05, 0) is 63.6 Å². The second kappa shape index (κ2) is 14.7. The van der Waals surface area contributed by atoms with E-state index in [0.717, 1.165) is 47.8 Å². The first-order valence-electron chi connectivity index (χ1n) is 11.4. The summed E-state index contributed by atoms with van der Waals surface area (Å²) in [5, 5.41) is 0. The largest absolute Gasteiger partial charge is 0.397 e. The van der Waals surface area contributed by atoms with Crippen LogP contribution in [0.5, 0.6) is 0 Å². The third kappa shape index (κ3) is 11.3. The van der Waals surface area contributed by atoms with Crippen LogP contribution >= 0.6 is 0 Å². The van der Waals surface area contributed by atoms with Gasteiger partial charge in [-0.2, -0.15) is 16.8 Å². The molecule has 3 aromatic carbocycles. The minimum absolute atomic E-state index is 0.0666. The minimum Gasteiger partial charge on any atom is -0.397 e. The molecule has 3 rings (SSSR count). The number of anilines is 2. The molecule has 11 heteroatoms. The first kappa shape index (κ1) is 32.1. The maximum atomic E-state index is 10.5. The Balaban J connectivity index is 0.000000283. The van der Waals surface area contributed by atoms with Crippen LogP contribution in [0.1, 0.15) is 23.6 Å². The highest BCUT2D eigenvalue weighted by atomic mass is 32.2. The van der Waals surface area contributed by atoms with Crippen molar-refractivity contribution in [1.29, 1.82) is 0 Å². The number of ether oxygens (including phenoxy) is 1. The molecule has 37 heavy (non-hydrogen) atoms. The number of methoxy groups -OCH3 is 1. The summed E-state index contributed by atoms with van der Waals surface area (Å²) in [6.07, 6.45) is 0. The van der Waals surface area contributed by atoms with E-state index < -0.39 is 20.2 Å². The van der Waals surface area contributed by atoms with Crippen LogP contribution in [0.2, 0.25) is 0 Å². The maximum absolute atomic E-state index is 10.5. The Hall–Kier alpha value is -2.96. The van der Waals surface area contributed by atoms with Crippen molar-refractivity contribution in [2.24, 2.45) is 0 Å². The van der Waals surface area contributed by atoms with E-state index in [1.807, 2.05) is 32.9 Å². The molecule has 0 amide bonds. The molecule has 3 aromatic rings. The second-order valence-corrected chi connectivity index (χ2v) is 11.0. The molecule has 9 nitrogen and oxygen atoms in total. The third-order valence-electron chi connectivity index (χ3n) is 5.23. The Kier molecular flexibility index (Phi) is 12.7. The number of likely N-dealkylation sites (N-methyl/N-ethyl adjacent to an activating group) is 1. The van der Waals surface area contributed by atoms with Gasteiger partial charge >= 0.3 is 0 Å².